The number of nitrogens with one attached hydrogen (secondary N) is 1. The largest absolute Gasteiger partial charge is 0.396 e. The third-order valence-electron chi connectivity index (χ3n) is 1.58. The molecule has 2 radical (unpaired) electrons. The van der Waals surface area contributed by atoms with Crippen LogP contribution >= 0.6 is 0 Å². The van der Waals surface area contributed by atoms with E-state index in [2.05, 4.69) is 5.32 Å². The molecule has 13 heavy (non-hydrogen) atoms. The van der Waals surface area contributed by atoms with Crippen LogP contribution in [0.5, 0.6) is 0 Å². The van der Waals surface area contributed by atoms with E-state index in [4.69, 9.17) is 13.0 Å². The highest BCUT2D eigenvalue weighted by atomic mass is 19.1. The second-order valence-corrected chi connectivity index (χ2v) is 2.75. The number of aliphatic hydroxyl groups is 1. The first-order chi connectivity index (χ1) is 6.24. The lowest BCUT2D eigenvalue weighted by Gasteiger charge is -2.15. The second kappa shape index (κ2) is 11.9. The van der Waals surface area contributed by atoms with E-state index in [-0.39, 0.29) is 18.6 Å². The number of hydrogen-bond donors (Lipinski definition) is 2. The SMILES string of the molecule is CC.[B]CC(C)NCC(CO)CF. The van der Waals surface area contributed by atoms with Crippen molar-refractivity contribution < 1.29 is 9.50 Å². The molecule has 2 unspecified atom stereocenters. The maximum Gasteiger partial charge on any atom is 0.0956 e. The van der Waals surface area contributed by atoms with Crippen molar-refractivity contribution in [2.75, 3.05) is 19.8 Å². The zero-order valence-electron chi connectivity index (χ0n) is 8.89. The average Bonchev–Trinajstić information content (AvgIpc) is 2.22. The van der Waals surface area contributed by atoms with Crippen LogP contribution in [-0.4, -0.2) is 38.8 Å². The highest BCUT2D eigenvalue weighted by Gasteiger charge is 2.07. The molecule has 2 nitrogen and oxygen atoms in total. The smallest absolute Gasteiger partial charge is 0.0956 e. The summed E-state index contributed by atoms with van der Waals surface area (Å²) in [5, 5.41) is 11.6. The molecule has 0 spiro atoms. The lowest BCUT2D eigenvalue weighted by atomic mass is 9.98. The number of halogens is 1. The quantitative estimate of drug-likeness (QED) is 0.614. The first-order valence-corrected chi connectivity index (χ1v) is 4.84. The van der Waals surface area contributed by atoms with E-state index in [1.54, 1.807) is 0 Å². The van der Waals surface area contributed by atoms with Crippen molar-refractivity contribution in [2.45, 2.75) is 33.1 Å². The molecule has 0 bridgehead atoms. The second-order valence-electron chi connectivity index (χ2n) is 2.75. The van der Waals surface area contributed by atoms with Crippen LogP contribution < -0.4 is 5.32 Å². The van der Waals surface area contributed by atoms with Gasteiger partial charge in [0.25, 0.3) is 0 Å². The molecular weight excluding hydrogens is 168 g/mol. The predicted molar refractivity (Wildman–Crippen MR) is 55.9 cm³/mol. The fourth-order valence-corrected chi connectivity index (χ4v) is 0.619. The Balaban J connectivity index is 0. The van der Waals surface area contributed by atoms with Gasteiger partial charge in [0.05, 0.1) is 14.5 Å². The Hall–Kier alpha value is -0.0851. The van der Waals surface area contributed by atoms with E-state index in [0.717, 1.165) is 0 Å². The summed E-state index contributed by atoms with van der Waals surface area (Å²) >= 11 is 0. The Labute approximate surface area is 82.3 Å². The van der Waals surface area contributed by atoms with Gasteiger partial charge in [-0.3, -0.25) is 4.39 Å². The molecule has 0 heterocycles. The molecule has 0 aliphatic rings. The molecule has 78 valence electrons. The van der Waals surface area contributed by atoms with Gasteiger partial charge >= 0.3 is 0 Å². The van der Waals surface area contributed by atoms with Crippen molar-refractivity contribution >= 4 is 7.85 Å². The number of rotatable bonds is 6. The van der Waals surface area contributed by atoms with Gasteiger partial charge in [0.2, 0.25) is 0 Å². The lowest BCUT2D eigenvalue weighted by Crippen LogP contribution is -2.33. The number of alkyl halides is 1. The van der Waals surface area contributed by atoms with Gasteiger partial charge in [0, 0.05) is 19.1 Å². The number of hydrogen-bond acceptors (Lipinski definition) is 2. The van der Waals surface area contributed by atoms with Crippen LogP contribution in [-0.2, 0) is 0 Å². The van der Waals surface area contributed by atoms with E-state index < -0.39 is 6.67 Å². The van der Waals surface area contributed by atoms with Gasteiger partial charge in [0.1, 0.15) is 0 Å². The summed E-state index contributed by atoms with van der Waals surface area (Å²) in [5.74, 6) is -0.288. The summed E-state index contributed by atoms with van der Waals surface area (Å²) in [6.45, 7) is 5.82. The van der Waals surface area contributed by atoms with Crippen molar-refractivity contribution in [3.8, 4) is 0 Å². The van der Waals surface area contributed by atoms with Gasteiger partial charge in [-0.2, -0.15) is 0 Å². The predicted octanol–water partition coefficient (Wildman–Crippen LogP) is 1.16. The van der Waals surface area contributed by atoms with Crippen molar-refractivity contribution in [2.24, 2.45) is 5.92 Å². The minimum atomic E-state index is -0.485. The molecule has 2 atom stereocenters. The molecular formula is C9H21BFNO. The molecule has 0 aliphatic carbocycles. The van der Waals surface area contributed by atoms with Gasteiger partial charge < -0.3 is 10.4 Å². The summed E-state index contributed by atoms with van der Waals surface area (Å²) < 4.78 is 12.0. The molecule has 0 aliphatic heterocycles. The molecule has 0 aromatic heterocycles. The Morgan fingerprint density at radius 3 is 2.31 bits per heavy atom. The Bertz CT molecular complexity index is 91.7. The fourth-order valence-electron chi connectivity index (χ4n) is 0.619. The van der Waals surface area contributed by atoms with Crippen LogP contribution in [0.15, 0.2) is 0 Å². The summed E-state index contributed by atoms with van der Waals surface area (Å²) in [6, 6.07) is 0.190. The number of aliphatic hydroxyl groups excluding tert-OH is 1. The van der Waals surface area contributed by atoms with Gasteiger partial charge in [-0.15, -0.1) is 0 Å². The van der Waals surface area contributed by atoms with Crippen molar-refractivity contribution in [3.05, 3.63) is 0 Å². The highest BCUT2D eigenvalue weighted by molar-refractivity contribution is 6.08. The van der Waals surface area contributed by atoms with Gasteiger partial charge in [0.15, 0.2) is 0 Å². The standard InChI is InChI=1S/C7H15BFNO.C2H6/c1-6(2-8)10-4-7(3-9)5-11;1-2/h6-7,10-11H,2-5H2,1H3;1-2H3. The topological polar surface area (TPSA) is 32.3 Å². The van der Waals surface area contributed by atoms with E-state index in [9.17, 15) is 4.39 Å². The molecule has 0 saturated heterocycles. The van der Waals surface area contributed by atoms with Crippen LogP contribution in [0, 0.1) is 5.92 Å². The third-order valence-corrected chi connectivity index (χ3v) is 1.58. The minimum absolute atomic E-state index is 0.110. The molecule has 0 fully saturated rings. The van der Waals surface area contributed by atoms with E-state index in [1.807, 2.05) is 20.8 Å². The maximum atomic E-state index is 12.0. The van der Waals surface area contributed by atoms with Crippen molar-refractivity contribution in [3.63, 3.8) is 0 Å². The van der Waals surface area contributed by atoms with Crippen molar-refractivity contribution in [1.82, 2.24) is 5.32 Å². The zero-order chi connectivity index (χ0) is 10.7. The van der Waals surface area contributed by atoms with Gasteiger partial charge in [-0.05, 0) is 6.04 Å². The van der Waals surface area contributed by atoms with E-state index in [1.165, 1.54) is 0 Å². The van der Waals surface area contributed by atoms with Crippen LogP contribution in [0.1, 0.15) is 20.8 Å². The van der Waals surface area contributed by atoms with Crippen LogP contribution in [0.3, 0.4) is 0 Å². The van der Waals surface area contributed by atoms with E-state index >= 15 is 0 Å². The van der Waals surface area contributed by atoms with Gasteiger partial charge in [-0.25, -0.2) is 0 Å². The molecule has 0 aromatic rings. The molecule has 4 heteroatoms. The third kappa shape index (κ3) is 9.83. The molecule has 0 aromatic carbocycles. The van der Waals surface area contributed by atoms with Crippen LogP contribution in [0.2, 0.25) is 6.32 Å². The first kappa shape index (κ1) is 15.4. The molecule has 0 amide bonds. The fraction of sp³-hybridized carbons (Fsp3) is 1.00. The Kier molecular flexibility index (Phi) is 14.1. The summed E-state index contributed by atoms with van der Waals surface area (Å²) in [6.07, 6.45) is 0.532. The normalized spacial score (nSPS) is 14.2. The highest BCUT2D eigenvalue weighted by Crippen LogP contribution is 1.95. The monoisotopic (exact) mass is 189 g/mol. The van der Waals surface area contributed by atoms with Crippen molar-refractivity contribution in [1.29, 1.82) is 0 Å². The Morgan fingerprint density at radius 1 is 1.46 bits per heavy atom. The van der Waals surface area contributed by atoms with Crippen LogP contribution in [0.25, 0.3) is 0 Å². The molecule has 0 saturated carbocycles. The average molecular weight is 189 g/mol. The lowest BCUT2D eigenvalue weighted by molar-refractivity contribution is 0.192. The van der Waals surface area contributed by atoms with Gasteiger partial charge in [-0.1, -0.05) is 27.1 Å². The molecule has 2 N–H and O–H groups in total. The summed E-state index contributed by atoms with van der Waals surface area (Å²) in [7, 11) is 5.32. The van der Waals surface area contributed by atoms with E-state index in [0.29, 0.717) is 12.9 Å². The zero-order valence-corrected chi connectivity index (χ0v) is 8.89. The summed E-state index contributed by atoms with van der Waals surface area (Å²) in [4.78, 5) is 0. The first-order valence-electron chi connectivity index (χ1n) is 4.84. The van der Waals surface area contributed by atoms with Crippen LogP contribution in [0.4, 0.5) is 4.39 Å². The maximum absolute atomic E-state index is 12.0. The Morgan fingerprint density at radius 2 is 2.00 bits per heavy atom. The minimum Gasteiger partial charge on any atom is -0.396 e. The summed E-state index contributed by atoms with van der Waals surface area (Å²) in [5.41, 5.74) is 0. The molecule has 0 rings (SSSR count).